The van der Waals surface area contributed by atoms with E-state index in [-0.39, 0.29) is 18.2 Å². The molecule has 0 saturated heterocycles. The normalized spacial score (nSPS) is 13.8. The van der Waals surface area contributed by atoms with Crippen molar-refractivity contribution in [2.75, 3.05) is 7.11 Å². The van der Waals surface area contributed by atoms with Gasteiger partial charge in [0.15, 0.2) is 0 Å². The molecule has 0 unspecified atom stereocenters. The number of rotatable bonds is 37. The van der Waals surface area contributed by atoms with Gasteiger partial charge in [0.2, 0.25) is 0 Å². The number of ether oxygens (including phenoxy) is 3. The molecule has 0 saturated carbocycles. The molecule has 0 spiro atoms. The van der Waals surface area contributed by atoms with E-state index in [0.717, 1.165) is 44.9 Å². The van der Waals surface area contributed by atoms with E-state index in [4.69, 9.17) is 14.2 Å². The van der Waals surface area contributed by atoms with Gasteiger partial charge in [-0.3, -0.25) is 0 Å². The average Bonchev–Trinajstić information content (AvgIpc) is 3.24. The number of hydrogen-bond acceptors (Lipinski definition) is 5. The fourth-order valence-corrected chi connectivity index (χ4v) is 26.0. The first-order valence-corrected chi connectivity index (χ1v) is 31.2. The summed E-state index contributed by atoms with van der Waals surface area (Å²) in [5.74, 6) is -0.0997. The second-order valence-corrected chi connectivity index (χ2v) is 30.0. The van der Waals surface area contributed by atoms with Crippen molar-refractivity contribution in [3.8, 4) is 0 Å². The van der Waals surface area contributed by atoms with E-state index >= 15 is 0 Å². The molecule has 6 heteroatoms. The summed E-state index contributed by atoms with van der Waals surface area (Å²) in [6.45, 7) is 10.4. The minimum absolute atomic E-state index is 0.0270. The van der Waals surface area contributed by atoms with Gasteiger partial charge in [-0.05, 0) is 0 Å². The third-order valence-corrected chi connectivity index (χ3v) is 28.3. The third kappa shape index (κ3) is 23.1. The third-order valence-electron chi connectivity index (χ3n) is 12.0. The Labute approximate surface area is 355 Å². The van der Waals surface area contributed by atoms with Crippen LogP contribution in [0.25, 0.3) is 0 Å². The first-order valence-electron chi connectivity index (χ1n) is 23.7. The Morgan fingerprint density at radius 2 is 1.04 bits per heavy atom. The molecule has 3 atom stereocenters. The van der Waals surface area contributed by atoms with Crippen LogP contribution in [0.3, 0.4) is 0 Å². The predicted octanol–water partition coefficient (Wildman–Crippen LogP) is 14.7. The van der Waals surface area contributed by atoms with E-state index in [1.165, 1.54) is 131 Å². The summed E-state index contributed by atoms with van der Waals surface area (Å²) in [7, 11) is 1.47. The molecule has 0 aromatic heterocycles. The number of carbonyl (C=O) groups excluding carboxylic acids is 1. The van der Waals surface area contributed by atoms with E-state index in [1.54, 1.807) is 0 Å². The Balaban J connectivity index is 2.35. The number of allylic oxidation sites excluding steroid dienone is 1. The van der Waals surface area contributed by atoms with E-state index in [0.29, 0.717) is 19.6 Å². The molecule has 0 aliphatic heterocycles. The molecule has 0 aliphatic rings. The molecule has 0 amide bonds. The van der Waals surface area contributed by atoms with Gasteiger partial charge in [-0.1, -0.05) is 13.3 Å². The summed E-state index contributed by atoms with van der Waals surface area (Å²) in [6, 6.07) is 21.1. The molecule has 0 aliphatic carbocycles. The van der Waals surface area contributed by atoms with Crippen molar-refractivity contribution in [2.24, 2.45) is 0 Å². The van der Waals surface area contributed by atoms with Gasteiger partial charge < -0.3 is 0 Å². The molecule has 2 aromatic rings. The summed E-state index contributed by atoms with van der Waals surface area (Å²) in [5.41, 5.74) is 2.38. The average molecular weight is 898 g/mol. The fraction of sp³-hybridized carbons (Fsp3) is 0.706. The molecular weight excluding hydrogens is 811 g/mol. The summed E-state index contributed by atoms with van der Waals surface area (Å²) in [4.78, 5) is 11.5. The van der Waals surface area contributed by atoms with Crippen molar-refractivity contribution in [3.05, 3.63) is 81.5 Å². The Kier molecular flexibility index (Phi) is 30.8. The van der Waals surface area contributed by atoms with Gasteiger partial charge in [0.1, 0.15) is 0 Å². The molecule has 2 rings (SSSR count). The molecule has 0 radical (unpaired) electrons. The fourth-order valence-electron chi connectivity index (χ4n) is 8.45. The molecule has 2 aromatic carbocycles. The maximum absolute atomic E-state index is 12.6. The van der Waals surface area contributed by atoms with Crippen LogP contribution in [-0.4, -0.2) is 54.9 Å². The Bertz CT molecular complexity index is 1230. The van der Waals surface area contributed by atoms with Gasteiger partial charge in [-0.2, -0.15) is 0 Å². The number of carbonyl (C=O) groups is 1. The van der Waals surface area contributed by atoms with E-state index in [1.807, 2.05) is 0 Å². The zero-order chi connectivity index (χ0) is 41.2. The van der Waals surface area contributed by atoms with Crippen LogP contribution < -0.4 is 0 Å². The van der Waals surface area contributed by atoms with Gasteiger partial charge in [0.05, 0.1) is 7.11 Å². The van der Waals surface area contributed by atoms with Gasteiger partial charge in [0, 0.05) is 0 Å². The van der Waals surface area contributed by atoms with Crippen molar-refractivity contribution in [1.29, 1.82) is 0 Å². The summed E-state index contributed by atoms with van der Waals surface area (Å²) in [6.07, 6.45) is 27.9. The summed E-state index contributed by atoms with van der Waals surface area (Å²) in [5, 5.41) is 12.6. The van der Waals surface area contributed by atoms with E-state index in [9.17, 15) is 9.90 Å². The minimum atomic E-state index is -2.93. The van der Waals surface area contributed by atoms with Crippen LogP contribution >= 0.6 is 0 Å². The number of methoxy groups -OCH3 is 1. The van der Waals surface area contributed by atoms with Crippen LogP contribution in [0.2, 0.25) is 13.3 Å². The second kappa shape index (κ2) is 34.1. The van der Waals surface area contributed by atoms with Crippen molar-refractivity contribution in [2.45, 2.75) is 220 Å². The second-order valence-electron chi connectivity index (χ2n) is 16.8. The van der Waals surface area contributed by atoms with Crippen molar-refractivity contribution >= 4 is 24.3 Å². The molecule has 0 bridgehead atoms. The number of aliphatic hydroxyl groups is 1. The van der Waals surface area contributed by atoms with Gasteiger partial charge in [-0.15, -0.1) is 0 Å². The maximum atomic E-state index is 12.6. The van der Waals surface area contributed by atoms with Crippen LogP contribution in [0.15, 0.2) is 70.3 Å². The zero-order valence-electron chi connectivity index (χ0n) is 37.5. The first-order chi connectivity index (χ1) is 27.9. The number of hydrogen-bond donors (Lipinski definition) is 1. The van der Waals surface area contributed by atoms with Gasteiger partial charge in [-0.25, -0.2) is 0 Å². The Morgan fingerprint density at radius 1 is 0.579 bits per heavy atom. The van der Waals surface area contributed by atoms with Crippen molar-refractivity contribution < 1.29 is 24.1 Å². The van der Waals surface area contributed by atoms with Gasteiger partial charge >= 0.3 is 337 Å². The van der Waals surface area contributed by atoms with Crippen LogP contribution in [0.5, 0.6) is 0 Å². The molecule has 0 heterocycles. The van der Waals surface area contributed by atoms with E-state index in [2.05, 4.69) is 94.4 Å². The van der Waals surface area contributed by atoms with Crippen LogP contribution in [-0.2, 0) is 32.2 Å². The van der Waals surface area contributed by atoms with Crippen molar-refractivity contribution in [3.63, 3.8) is 0 Å². The zero-order valence-corrected chi connectivity index (χ0v) is 40.3. The topological polar surface area (TPSA) is 65.0 Å². The number of benzene rings is 2. The Hall–Kier alpha value is -1.67. The molecular formula is C51H86O5Sn. The quantitative estimate of drug-likeness (QED) is 0.0416. The number of aliphatic hydroxyl groups excluding tert-OH is 1. The molecule has 5 nitrogen and oxygen atoms in total. The summed E-state index contributed by atoms with van der Waals surface area (Å²) < 4.78 is 24.2. The van der Waals surface area contributed by atoms with Crippen LogP contribution in [0, 0.1) is 0 Å². The monoisotopic (exact) mass is 899 g/mol. The van der Waals surface area contributed by atoms with Gasteiger partial charge in [0.25, 0.3) is 0 Å². The molecule has 57 heavy (non-hydrogen) atoms. The van der Waals surface area contributed by atoms with Crippen LogP contribution in [0.1, 0.15) is 187 Å². The molecule has 0 fully saturated rings. The summed E-state index contributed by atoms with van der Waals surface area (Å²) >= 11 is -2.93. The Morgan fingerprint density at radius 3 is 1.54 bits per heavy atom. The number of esters is 1. The molecule has 1 N–H and O–H groups in total. The predicted molar refractivity (Wildman–Crippen MR) is 245 cm³/mol. The number of unbranched alkanes of at least 4 members (excludes halogenated alkanes) is 14. The SMILES string of the molecule is CCCCCCCC[C@H](OCc1ccccc1)[C@@H](CC[C@H](O)/[C](=C/CCCCCCCCC(=O)OC)[Sn]([CH2]CCC)([CH2]CCC)[CH2]CCC)OCc1ccccc1. The standard InChI is InChI=1S/C39H59O5.3C4H9.Sn/c1-3-4-5-6-12-21-28-37(43-32-34-23-16-14-17-24-34)38(44-33-35-25-18-15-19-26-35)31-30-36(40)27-20-11-9-7-8-10-13-22-29-39(41)42-2;3*1-3-4-2;/h14-20,23-26,36-38,40H,3-13,21-22,28-33H2,1-2H3;3*1,3-4H2,2H3;/t36-,37+,38-;;;;/m1..../s1. The van der Waals surface area contributed by atoms with Crippen LogP contribution in [0.4, 0.5) is 0 Å². The van der Waals surface area contributed by atoms with Crippen molar-refractivity contribution in [1.82, 2.24) is 0 Å². The van der Waals surface area contributed by atoms with E-state index < -0.39 is 24.5 Å². The molecule has 324 valence electrons. The first kappa shape index (κ1) is 51.5.